The van der Waals surface area contributed by atoms with Gasteiger partial charge in [0.15, 0.2) is 5.82 Å². The highest BCUT2D eigenvalue weighted by molar-refractivity contribution is 6.11. The van der Waals surface area contributed by atoms with E-state index in [2.05, 4.69) is 42.0 Å². The lowest BCUT2D eigenvalue weighted by Gasteiger charge is -2.27. The van der Waals surface area contributed by atoms with Crippen LogP contribution in [-0.4, -0.2) is 59.5 Å². The summed E-state index contributed by atoms with van der Waals surface area (Å²) in [5.41, 5.74) is 5.00. The number of rotatable bonds is 9. The van der Waals surface area contributed by atoms with E-state index in [1.807, 2.05) is 55.8 Å². The van der Waals surface area contributed by atoms with Crippen molar-refractivity contribution in [2.75, 3.05) is 26.5 Å². The van der Waals surface area contributed by atoms with Crippen molar-refractivity contribution in [3.8, 4) is 11.4 Å². The maximum absolute atomic E-state index is 9.92. The molecule has 180 valence electrons. The van der Waals surface area contributed by atoms with Gasteiger partial charge in [0, 0.05) is 62.5 Å². The maximum atomic E-state index is 9.92. The molecule has 1 aliphatic carbocycles. The lowest BCUT2D eigenvalue weighted by Crippen LogP contribution is -2.29. The SMILES string of the molecule is C=C/C(=C\N(C)C)c1cccc(-c2ncc(C(/C=N\C)=C/CC)c(NC3CCC(O)CC3)n2)c1. The van der Waals surface area contributed by atoms with Gasteiger partial charge in [-0.1, -0.05) is 43.9 Å². The van der Waals surface area contributed by atoms with Crippen LogP contribution < -0.4 is 5.32 Å². The van der Waals surface area contributed by atoms with Crippen molar-refractivity contribution in [3.63, 3.8) is 0 Å². The summed E-state index contributed by atoms with van der Waals surface area (Å²) in [6, 6.07) is 8.50. The Kier molecular flexibility index (Phi) is 9.16. The topological polar surface area (TPSA) is 73.6 Å². The predicted octanol–water partition coefficient (Wildman–Crippen LogP) is 5.44. The zero-order valence-electron chi connectivity index (χ0n) is 20.8. The molecule has 0 amide bonds. The second-order valence-corrected chi connectivity index (χ2v) is 8.89. The molecular weight excluding hydrogens is 422 g/mol. The van der Waals surface area contributed by atoms with Gasteiger partial charge in [0.2, 0.25) is 0 Å². The summed E-state index contributed by atoms with van der Waals surface area (Å²) < 4.78 is 0. The molecular formula is C28H37N5O. The van der Waals surface area contributed by atoms with Crippen molar-refractivity contribution in [1.82, 2.24) is 14.9 Å². The zero-order valence-corrected chi connectivity index (χ0v) is 20.8. The summed E-state index contributed by atoms with van der Waals surface area (Å²) in [6.45, 7) is 6.08. The van der Waals surface area contributed by atoms with E-state index < -0.39 is 0 Å². The first-order chi connectivity index (χ1) is 16.4. The van der Waals surface area contributed by atoms with E-state index in [0.717, 1.165) is 65.8 Å². The molecule has 2 N–H and O–H groups in total. The Bertz CT molecular complexity index is 1060. The lowest BCUT2D eigenvalue weighted by atomic mass is 9.93. The van der Waals surface area contributed by atoms with Crippen molar-refractivity contribution >= 4 is 23.2 Å². The Morgan fingerprint density at radius 2 is 2.00 bits per heavy atom. The Hall–Kier alpha value is -3.25. The number of hydrogen-bond acceptors (Lipinski definition) is 6. The molecule has 0 radical (unpaired) electrons. The molecule has 0 spiro atoms. The van der Waals surface area contributed by atoms with Crippen LogP contribution >= 0.6 is 0 Å². The second kappa shape index (κ2) is 12.3. The molecule has 2 aromatic rings. The van der Waals surface area contributed by atoms with Crippen LogP contribution in [0.1, 0.15) is 50.2 Å². The van der Waals surface area contributed by atoms with Crippen LogP contribution in [0.15, 0.2) is 60.4 Å². The number of benzene rings is 1. The largest absolute Gasteiger partial charge is 0.393 e. The molecule has 0 saturated heterocycles. The number of aromatic nitrogens is 2. The maximum Gasteiger partial charge on any atom is 0.161 e. The van der Waals surface area contributed by atoms with Crippen LogP contribution in [0.25, 0.3) is 22.5 Å². The standard InChI is InChI=1S/C28H37N5O/c1-6-9-23(17-29-3)26-18-30-27(32-28(26)31-24-12-14-25(34)15-13-24)22-11-8-10-21(16-22)20(7-2)19-33(4)5/h7-11,16-19,24-25,34H,2,6,12-15H2,1,3-5H3,(H,30,31,32)/b20-19+,23-9+,29-17-. The molecule has 0 atom stereocenters. The van der Waals surface area contributed by atoms with Gasteiger partial charge in [-0.25, -0.2) is 9.97 Å². The molecule has 6 heteroatoms. The Morgan fingerprint density at radius 3 is 2.65 bits per heavy atom. The highest BCUT2D eigenvalue weighted by Gasteiger charge is 2.21. The summed E-state index contributed by atoms with van der Waals surface area (Å²) in [6.07, 6.45) is 14.0. The third kappa shape index (κ3) is 6.64. The fraction of sp³-hybridized carbons (Fsp3) is 0.393. The van der Waals surface area contributed by atoms with E-state index in [9.17, 15) is 5.11 Å². The Balaban J connectivity index is 2.03. The molecule has 0 unspecified atom stereocenters. The van der Waals surface area contributed by atoms with E-state index in [1.54, 1.807) is 7.05 Å². The van der Waals surface area contributed by atoms with Gasteiger partial charge in [-0.3, -0.25) is 4.99 Å². The summed E-state index contributed by atoms with van der Waals surface area (Å²) >= 11 is 0. The summed E-state index contributed by atoms with van der Waals surface area (Å²) in [5.74, 6) is 1.48. The van der Waals surface area contributed by atoms with Gasteiger partial charge >= 0.3 is 0 Å². The molecule has 1 fully saturated rings. The van der Waals surface area contributed by atoms with Crippen LogP contribution in [0.2, 0.25) is 0 Å². The summed E-state index contributed by atoms with van der Waals surface area (Å²) in [7, 11) is 5.77. The number of anilines is 1. The first kappa shape index (κ1) is 25.4. The monoisotopic (exact) mass is 459 g/mol. The molecule has 1 heterocycles. The van der Waals surface area contributed by atoms with E-state index >= 15 is 0 Å². The van der Waals surface area contributed by atoms with Crippen molar-refractivity contribution in [2.24, 2.45) is 4.99 Å². The molecule has 1 saturated carbocycles. The fourth-order valence-electron chi connectivity index (χ4n) is 4.21. The van der Waals surface area contributed by atoms with Crippen LogP contribution in [-0.2, 0) is 0 Å². The van der Waals surface area contributed by atoms with Crippen molar-refractivity contribution in [1.29, 1.82) is 0 Å². The number of allylic oxidation sites excluding steroid dienone is 4. The number of hydrogen-bond donors (Lipinski definition) is 2. The van der Waals surface area contributed by atoms with Crippen molar-refractivity contribution < 1.29 is 5.11 Å². The average molecular weight is 460 g/mol. The van der Waals surface area contributed by atoms with E-state index in [0.29, 0.717) is 5.82 Å². The predicted molar refractivity (Wildman–Crippen MR) is 144 cm³/mol. The normalized spacial score (nSPS) is 19.3. The first-order valence-corrected chi connectivity index (χ1v) is 12.0. The third-order valence-electron chi connectivity index (χ3n) is 5.90. The Labute approximate surface area is 203 Å². The van der Waals surface area contributed by atoms with Crippen LogP contribution in [0.4, 0.5) is 5.82 Å². The summed E-state index contributed by atoms with van der Waals surface area (Å²) in [4.78, 5) is 16.0. The van der Waals surface area contributed by atoms with Crippen LogP contribution in [0.5, 0.6) is 0 Å². The zero-order chi connectivity index (χ0) is 24.5. The number of aliphatic hydroxyl groups excluding tert-OH is 1. The smallest absolute Gasteiger partial charge is 0.161 e. The lowest BCUT2D eigenvalue weighted by molar-refractivity contribution is 0.126. The second-order valence-electron chi connectivity index (χ2n) is 8.89. The average Bonchev–Trinajstić information content (AvgIpc) is 2.84. The van der Waals surface area contributed by atoms with Crippen LogP contribution in [0.3, 0.4) is 0 Å². The minimum atomic E-state index is -0.196. The number of aliphatic imine (C=N–C) groups is 1. The van der Waals surface area contributed by atoms with Gasteiger partial charge in [0.1, 0.15) is 5.82 Å². The molecule has 6 nitrogen and oxygen atoms in total. The third-order valence-corrected chi connectivity index (χ3v) is 5.90. The van der Waals surface area contributed by atoms with E-state index in [-0.39, 0.29) is 12.1 Å². The summed E-state index contributed by atoms with van der Waals surface area (Å²) in [5, 5.41) is 13.6. The number of nitrogens with zero attached hydrogens (tertiary/aromatic N) is 4. The van der Waals surface area contributed by atoms with Crippen LogP contribution in [0, 0.1) is 0 Å². The molecule has 1 aromatic heterocycles. The molecule has 1 aromatic carbocycles. The minimum absolute atomic E-state index is 0.196. The highest BCUT2D eigenvalue weighted by atomic mass is 16.3. The minimum Gasteiger partial charge on any atom is -0.393 e. The van der Waals surface area contributed by atoms with Gasteiger partial charge in [0.25, 0.3) is 0 Å². The van der Waals surface area contributed by atoms with E-state index in [1.165, 1.54) is 0 Å². The molecule has 1 aliphatic rings. The fourth-order valence-corrected chi connectivity index (χ4v) is 4.21. The van der Waals surface area contributed by atoms with Gasteiger partial charge in [-0.05, 0) is 49.3 Å². The molecule has 0 bridgehead atoms. The van der Waals surface area contributed by atoms with Gasteiger partial charge < -0.3 is 15.3 Å². The van der Waals surface area contributed by atoms with Gasteiger partial charge in [0.05, 0.1) is 6.10 Å². The van der Waals surface area contributed by atoms with Gasteiger partial charge in [-0.15, -0.1) is 0 Å². The Morgan fingerprint density at radius 1 is 1.24 bits per heavy atom. The molecule has 34 heavy (non-hydrogen) atoms. The van der Waals surface area contributed by atoms with Gasteiger partial charge in [-0.2, -0.15) is 0 Å². The van der Waals surface area contributed by atoms with Crippen molar-refractivity contribution in [2.45, 2.75) is 51.2 Å². The molecule has 0 aliphatic heterocycles. The quantitative estimate of drug-likeness (QED) is 0.386. The number of aliphatic hydroxyl groups is 1. The number of nitrogens with one attached hydrogen (secondary N) is 1. The van der Waals surface area contributed by atoms with Crippen molar-refractivity contribution in [3.05, 3.63) is 66.5 Å². The molecule has 3 rings (SSSR count). The van der Waals surface area contributed by atoms with E-state index in [4.69, 9.17) is 9.97 Å². The first-order valence-electron chi connectivity index (χ1n) is 12.0. The highest BCUT2D eigenvalue weighted by Crippen LogP contribution is 2.29.